The van der Waals surface area contributed by atoms with Gasteiger partial charge in [0, 0.05) is 6.92 Å². The van der Waals surface area contributed by atoms with Crippen LogP contribution in [0.2, 0.25) is 0 Å². The van der Waals surface area contributed by atoms with Crippen LogP contribution in [0.25, 0.3) is 0 Å². The number of allylic oxidation sites excluding steroid dienone is 5. The molecule has 0 aromatic heterocycles. The van der Waals surface area contributed by atoms with Crippen LogP contribution >= 0.6 is 0 Å². The van der Waals surface area contributed by atoms with Crippen molar-refractivity contribution < 1.29 is 9.53 Å². The van der Waals surface area contributed by atoms with Crippen LogP contribution in [0.5, 0.6) is 0 Å². The lowest BCUT2D eigenvalue weighted by Gasteiger charge is -2.57. The largest absolute Gasteiger partial charge is 0.458 e. The average molecular weight is 453 g/mol. The third-order valence-electron chi connectivity index (χ3n) is 10.6. The van der Waals surface area contributed by atoms with Gasteiger partial charge in [-0.15, -0.1) is 0 Å². The standard InChI is InChI=1S/C31H48O2/c1-8-23(20(2)3)10-9-21(4)27-13-14-28-26-12-11-24-19-25(33-22(5)32)15-17-30(24,6)29(26)16-18-31(27,28)7/h9-12,19-21,23,25-29H,8,13-18H2,1-7H3/t21-,23-,25+,26+,27-,28+,29+,30+,31-/m1/s1. The smallest absolute Gasteiger partial charge is 0.303 e. The van der Waals surface area contributed by atoms with Crippen LogP contribution in [0.15, 0.2) is 36.0 Å². The molecule has 9 atom stereocenters. The van der Waals surface area contributed by atoms with Crippen LogP contribution in [-0.2, 0) is 9.53 Å². The van der Waals surface area contributed by atoms with E-state index in [0.717, 1.165) is 36.5 Å². The minimum absolute atomic E-state index is 0.0399. The minimum atomic E-state index is -0.162. The van der Waals surface area contributed by atoms with Crippen LogP contribution in [-0.4, -0.2) is 12.1 Å². The van der Waals surface area contributed by atoms with Gasteiger partial charge in [0.15, 0.2) is 0 Å². The summed E-state index contributed by atoms with van der Waals surface area (Å²) in [7, 11) is 0. The summed E-state index contributed by atoms with van der Waals surface area (Å²) in [5.74, 6) is 5.00. The van der Waals surface area contributed by atoms with E-state index >= 15 is 0 Å². The van der Waals surface area contributed by atoms with Crippen molar-refractivity contribution in [3.63, 3.8) is 0 Å². The quantitative estimate of drug-likeness (QED) is 0.300. The maximum absolute atomic E-state index is 11.5. The van der Waals surface area contributed by atoms with Crippen molar-refractivity contribution in [3.05, 3.63) is 36.0 Å². The number of carbonyl (C=O) groups is 1. The number of carbonyl (C=O) groups excluding carboxylic acids is 1. The molecule has 2 nitrogen and oxygen atoms in total. The van der Waals surface area contributed by atoms with E-state index in [1.54, 1.807) is 0 Å². The number of fused-ring (bicyclic) bond motifs is 5. The number of hydrogen-bond donors (Lipinski definition) is 0. The summed E-state index contributed by atoms with van der Waals surface area (Å²) >= 11 is 0. The van der Waals surface area contributed by atoms with Crippen molar-refractivity contribution in [2.24, 2.45) is 52.3 Å². The molecule has 0 spiro atoms. The molecule has 2 heteroatoms. The molecule has 0 aromatic rings. The van der Waals surface area contributed by atoms with Gasteiger partial charge in [0.2, 0.25) is 0 Å². The topological polar surface area (TPSA) is 26.3 Å². The highest BCUT2D eigenvalue weighted by molar-refractivity contribution is 5.66. The zero-order chi connectivity index (χ0) is 24.0. The van der Waals surface area contributed by atoms with Gasteiger partial charge in [0.25, 0.3) is 0 Å². The first-order valence-corrected chi connectivity index (χ1v) is 13.9. The molecule has 4 aliphatic carbocycles. The summed E-state index contributed by atoms with van der Waals surface area (Å²) in [6.07, 6.45) is 21.1. The fourth-order valence-corrected chi connectivity index (χ4v) is 8.62. The van der Waals surface area contributed by atoms with E-state index in [0.29, 0.717) is 23.2 Å². The van der Waals surface area contributed by atoms with Crippen molar-refractivity contribution in [3.8, 4) is 0 Å². The molecule has 0 amide bonds. The van der Waals surface area contributed by atoms with Gasteiger partial charge in [-0.25, -0.2) is 0 Å². The molecular weight excluding hydrogens is 404 g/mol. The fourth-order valence-electron chi connectivity index (χ4n) is 8.62. The SMILES string of the molecule is CC[C@H](C=C[C@@H](C)[C@H]1CC[C@H]2[C@@H]3C=CC4=C[C@@H](OC(C)=O)CC[C@]4(C)[C@H]3CC[C@]12C)C(C)C. The molecule has 0 unspecified atom stereocenters. The van der Waals surface area contributed by atoms with Crippen LogP contribution in [0, 0.1) is 52.3 Å². The Labute approximate surface area is 203 Å². The molecule has 0 aliphatic heterocycles. The van der Waals surface area contributed by atoms with E-state index in [2.05, 4.69) is 71.9 Å². The lowest BCUT2D eigenvalue weighted by Crippen LogP contribution is -2.49. The van der Waals surface area contributed by atoms with Gasteiger partial charge in [-0.2, -0.15) is 0 Å². The highest BCUT2D eigenvalue weighted by Gasteiger charge is 2.58. The van der Waals surface area contributed by atoms with Gasteiger partial charge in [-0.05, 0) is 109 Å². The zero-order valence-electron chi connectivity index (χ0n) is 22.3. The average Bonchev–Trinajstić information content (AvgIpc) is 3.11. The van der Waals surface area contributed by atoms with E-state index in [9.17, 15) is 4.79 Å². The Balaban J connectivity index is 1.53. The van der Waals surface area contributed by atoms with Crippen LogP contribution < -0.4 is 0 Å². The molecule has 0 aromatic carbocycles. The molecule has 2 saturated carbocycles. The third-order valence-corrected chi connectivity index (χ3v) is 10.6. The van der Waals surface area contributed by atoms with Gasteiger partial charge in [-0.1, -0.05) is 65.8 Å². The molecule has 184 valence electrons. The number of esters is 1. The second-order valence-electron chi connectivity index (χ2n) is 12.7. The normalized spacial score (nSPS) is 41.8. The van der Waals surface area contributed by atoms with Crippen molar-refractivity contribution in [1.29, 1.82) is 0 Å². The highest BCUT2D eigenvalue weighted by atomic mass is 16.5. The minimum Gasteiger partial charge on any atom is -0.458 e. The van der Waals surface area contributed by atoms with E-state index < -0.39 is 0 Å². The number of rotatable bonds is 6. The van der Waals surface area contributed by atoms with Crippen molar-refractivity contribution in [2.45, 2.75) is 99.5 Å². The van der Waals surface area contributed by atoms with E-state index in [1.165, 1.54) is 44.6 Å². The Kier molecular flexibility index (Phi) is 7.05. The third kappa shape index (κ3) is 4.41. The van der Waals surface area contributed by atoms with E-state index in [-0.39, 0.29) is 17.5 Å². The molecule has 2 fully saturated rings. The first-order chi connectivity index (χ1) is 15.6. The summed E-state index contributed by atoms with van der Waals surface area (Å²) in [5.41, 5.74) is 2.13. The molecule has 4 aliphatic rings. The van der Waals surface area contributed by atoms with Crippen LogP contribution in [0.4, 0.5) is 0 Å². The fraction of sp³-hybridized carbons (Fsp3) is 0.774. The summed E-state index contributed by atoms with van der Waals surface area (Å²) < 4.78 is 5.55. The van der Waals surface area contributed by atoms with Gasteiger partial charge in [0.1, 0.15) is 6.10 Å². The molecule has 0 heterocycles. The monoisotopic (exact) mass is 452 g/mol. The molecule has 0 bridgehead atoms. The van der Waals surface area contributed by atoms with E-state index in [1.807, 2.05) is 0 Å². The first-order valence-electron chi connectivity index (χ1n) is 13.9. The van der Waals surface area contributed by atoms with Gasteiger partial charge >= 0.3 is 5.97 Å². The second-order valence-corrected chi connectivity index (χ2v) is 12.7. The predicted octanol–water partition coefficient (Wildman–Crippen LogP) is 8.15. The van der Waals surface area contributed by atoms with Crippen molar-refractivity contribution in [1.82, 2.24) is 0 Å². The van der Waals surface area contributed by atoms with Crippen LogP contribution in [0.3, 0.4) is 0 Å². The molecule has 0 saturated heterocycles. The van der Waals surface area contributed by atoms with Gasteiger partial charge in [0.05, 0.1) is 0 Å². The Morgan fingerprint density at radius 2 is 1.85 bits per heavy atom. The number of hydrogen-bond acceptors (Lipinski definition) is 2. The summed E-state index contributed by atoms with van der Waals surface area (Å²) in [5, 5.41) is 0. The Morgan fingerprint density at radius 1 is 1.09 bits per heavy atom. The Morgan fingerprint density at radius 3 is 2.52 bits per heavy atom. The van der Waals surface area contributed by atoms with Crippen LogP contribution in [0.1, 0.15) is 93.4 Å². The number of ether oxygens (including phenoxy) is 1. The van der Waals surface area contributed by atoms with Gasteiger partial charge in [-0.3, -0.25) is 4.79 Å². The summed E-state index contributed by atoms with van der Waals surface area (Å²) in [4.78, 5) is 11.5. The first kappa shape index (κ1) is 24.8. The molecule has 0 N–H and O–H groups in total. The summed E-state index contributed by atoms with van der Waals surface area (Å²) in [6, 6.07) is 0. The molecular formula is C31H48O2. The Bertz CT molecular complexity index is 819. The maximum atomic E-state index is 11.5. The molecule has 33 heavy (non-hydrogen) atoms. The Hall–Kier alpha value is -1.31. The lowest BCUT2D eigenvalue weighted by molar-refractivity contribution is -0.145. The maximum Gasteiger partial charge on any atom is 0.303 e. The van der Waals surface area contributed by atoms with E-state index in [4.69, 9.17) is 4.74 Å². The lowest BCUT2D eigenvalue weighted by atomic mass is 9.48. The van der Waals surface area contributed by atoms with Gasteiger partial charge < -0.3 is 4.74 Å². The summed E-state index contributed by atoms with van der Waals surface area (Å²) in [6.45, 7) is 16.2. The second kappa shape index (κ2) is 9.38. The highest BCUT2D eigenvalue weighted by Crippen LogP contribution is 2.66. The molecule has 0 radical (unpaired) electrons. The predicted molar refractivity (Wildman–Crippen MR) is 138 cm³/mol. The zero-order valence-corrected chi connectivity index (χ0v) is 22.3. The molecule has 4 rings (SSSR count). The van der Waals surface area contributed by atoms with Crippen molar-refractivity contribution >= 4 is 5.97 Å². The van der Waals surface area contributed by atoms with Crippen molar-refractivity contribution in [2.75, 3.05) is 0 Å².